The van der Waals surface area contributed by atoms with Crippen LogP contribution in [0.5, 0.6) is 6.01 Å². The minimum absolute atomic E-state index is 0.194. The number of aromatic nitrogens is 2. The monoisotopic (exact) mass is 281 g/mol. The van der Waals surface area contributed by atoms with E-state index >= 15 is 0 Å². The van der Waals surface area contributed by atoms with Gasteiger partial charge in [0.1, 0.15) is 0 Å². The highest BCUT2D eigenvalue weighted by molar-refractivity contribution is 5.78. The molecule has 1 aromatic heterocycles. The van der Waals surface area contributed by atoms with Gasteiger partial charge in [0.15, 0.2) is 0 Å². The van der Waals surface area contributed by atoms with Gasteiger partial charge in [-0.05, 0) is 18.8 Å². The number of rotatable bonds is 5. The molecular weight excluding hydrogens is 258 g/mol. The molecule has 1 aliphatic heterocycles. The van der Waals surface area contributed by atoms with Gasteiger partial charge in [-0.15, -0.1) is 0 Å². The van der Waals surface area contributed by atoms with E-state index in [1.54, 1.807) is 6.20 Å². The summed E-state index contributed by atoms with van der Waals surface area (Å²) in [6.07, 6.45) is 3.64. The third-order valence-electron chi connectivity index (χ3n) is 3.44. The summed E-state index contributed by atoms with van der Waals surface area (Å²) in [6.45, 7) is 6.32. The first-order chi connectivity index (χ1) is 9.61. The van der Waals surface area contributed by atoms with Crippen LogP contribution in [0.15, 0.2) is 6.20 Å². The minimum Gasteiger partial charge on any atom is -0.468 e. The number of nitrogens with zero attached hydrogens (tertiary/aromatic N) is 2. The summed E-state index contributed by atoms with van der Waals surface area (Å²) in [7, 11) is 1.52. The van der Waals surface area contributed by atoms with Crippen molar-refractivity contribution in [2.24, 2.45) is 5.92 Å². The molecule has 0 spiro atoms. The Labute approximate surface area is 119 Å². The zero-order valence-electron chi connectivity index (χ0n) is 12.4. The van der Waals surface area contributed by atoms with Crippen LogP contribution >= 0.6 is 0 Å². The van der Waals surface area contributed by atoms with Crippen LogP contribution in [0.4, 0.5) is 4.79 Å². The zero-order chi connectivity index (χ0) is 14.5. The van der Waals surface area contributed by atoms with E-state index in [4.69, 9.17) is 9.47 Å². The van der Waals surface area contributed by atoms with Crippen molar-refractivity contribution in [1.82, 2.24) is 14.9 Å². The lowest BCUT2D eigenvalue weighted by Gasteiger charge is -2.08. The quantitative estimate of drug-likeness (QED) is 0.896. The second-order valence-electron chi connectivity index (χ2n) is 5.50. The lowest BCUT2D eigenvalue weighted by molar-refractivity contribution is 0.193. The van der Waals surface area contributed by atoms with E-state index in [0.717, 1.165) is 25.1 Å². The molecule has 6 heteroatoms. The van der Waals surface area contributed by atoms with Crippen LogP contribution < -0.4 is 10.1 Å². The van der Waals surface area contributed by atoms with E-state index in [1.165, 1.54) is 11.7 Å². The van der Waals surface area contributed by atoms with Gasteiger partial charge in [0.2, 0.25) is 0 Å². The van der Waals surface area contributed by atoms with Crippen molar-refractivity contribution in [3.8, 4) is 6.01 Å². The van der Waals surface area contributed by atoms with Gasteiger partial charge >= 0.3 is 12.0 Å². The highest BCUT2D eigenvalue weighted by atomic mass is 16.5. The van der Waals surface area contributed by atoms with Gasteiger partial charge < -0.3 is 14.8 Å². The lowest BCUT2D eigenvalue weighted by Crippen LogP contribution is -2.29. The summed E-state index contributed by atoms with van der Waals surface area (Å²) in [5.74, 6) is 0.819. The Hall–Kier alpha value is -1.56. The number of hydrogen-bond acceptors (Lipinski definition) is 4. The molecule has 2 rings (SSSR count). The Morgan fingerprint density at radius 1 is 1.65 bits per heavy atom. The summed E-state index contributed by atoms with van der Waals surface area (Å²) in [5.41, 5.74) is 0.860. The maximum atomic E-state index is 12.1. The Balaban J connectivity index is 2.03. The Morgan fingerprint density at radius 2 is 2.45 bits per heavy atom. The number of imidazole rings is 1. The average Bonchev–Trinajstić information content (AvgIpc) is 3.06. The summed E-state index contributed by atoms with van der Waals surface area (Å²) in [5, 5.41) is 2.88. The summed E-state index contributed by atoms with van der Waals surface area (Å²) >= 11 is 0. The molecule has 20 heavy (non-hydrogen) atoms. The lowest BCUT2D eigenvalue weighted by atomic mass is 10.1. The molecule has 0 aromatic carbocycles. The number of hydrogen-bond donors (Lipinski definition) is 1. The van der Waals surface area contributed by atoms with Crippen LogP contribution in [0.25, 0.3) is 0 Å². The molecule has 1 fully saturated rings. The van der Waals surface area contributed by atoms with Crippen LogP contribution in [0.1, 0.15) is 38.3 Å². The second-order valence-corrected chi connectivity index (χ2v) is 5.50. The number of methoxy groups -OCH3 is 1. The Bertz CT molecular complexity index is 451. The number of nitrogens with one attached hydrogen (secondary N) is 1. The number of ether oxygens (including phenoxy) is 2. The van der Waals surface area contributed by atoms with Crippen molar-refractivity contribution in [3.63, 3.8) is 0 Å². The molecule has 1 saturated heterocycles. The van der Waals surface area contributed by atoms with Crippen molar-refractivity contribution in [2.75, 3.05) is 26.9 Å². The van der Waals surface area contributed by atoms with Crippen LogP contribution in [-0.2, 0) is 4.74 Å². The third kappa shape index (κ3) is 3.50. The van der Waals surface area contributed by atoms with Crippen LogP contribution in [0, 0.1) is 5.92 Å². The molecule has 0 saturated carbocycles. The maximum absolute atomic E-state index is 12.1. The van der Waals surface area contributed by atoms with E-state index < -0.39 is 0 Å². The smallest absolute Gasteiger partial charge is 0.329 e. The molecule has 1 atom stereocenters. The molecule has 1 aromatic rings. The molecule has 6 nitrogen and oxygen atoms in total. The van der Waals surface area contributed by atoms with E-state index in [9.17, 15) is 4.79 Å². The molecule has 0 bridgehead atoms. The molecule has 1 amide bonds. The fourth-order valence-corrected chi connectivity index (χ4v) is 2.19. The Kier molecular flexibility index (Phi) is 5.00. The number of carbonyl (C=O) groups is 1. The van der Waals surface area contributed by atoms with Crippen LogP contribution in [0.2, 0.25) is 0 Å². The molecule has 1 unspecified atom stereocenters. The van der Waals surface area contributed by atoms with Gasteiger partial charge in [-0.1, -0.05) is 13.8 Å². The van der Waals surface area contributed by atoms with E-state index in [0.29, 0.717) is 25.1 Å². The van der Waals surface area contributed by atoms with Gasteiger partial charge in [0, 0.05) is 25.3 Å². The SMILES string of the molecule is COc1nc(C2CCOC2)cn1C(=O)NCCC(C)C. The first kappa shape index (κ1) is 14.8. The Morgan fingerprint density at radius 3 is 3.05 bits per heavy atom. The first-order valence-corrected chi connectivity index (χ1v) is 7.11. The van der Waals surface area contributed by atoms with Crippen molar-refractivity contribution in [1.29, 1.82) is 0 Å². The van der Waals surface area contributed by atoms with Crippen molar-refractivity contribution >= 4 is 6.03 Å². The standard InChI is InChI=1S/C14H23N3O3/c1-10(2)4-6-15-13(18)17-8-12(16-14(17)19-3)11-5-7-20-9-11/h8,10-11H,4-7,9H2,1-3H3,(H,15,18). The summed E-state index contributed by atoms with van der Waals surface area (Å²) in [6, 6.07) is 0.133. The summed E-state index contributed by atoms with van der Waals surface area (Å²) in [4.78, 5) is 16.5. The number of amides is 1. The van der Waals surface area contributed by atoms with Gasteiger partial charge in [-0.3, -0.25) is 0 Å². The predicted octanol–water partition coefficient (Wildman–Crippen LogP) is 2.00. The topological polar surface area (TPSA) is 65.4 Å². The molecule has 2 heterocycles. The average molecular weight is 281 g/mol. The normalized spacial score (nSPS) is 18.5. The van der Waals surface area contributed by atoms with Crippen LogP contribution in [0.3, 0.4) is 0 Å². The predicted molar refractivity (Wildman–Crippen MR) is 75.2 cm³/mol. The van der Waals surface area contributed by atoms with Gasteiger partial charge in [-0.2, -0.15) is 4.98 Å². The van der Waals surface area contributed by atoms with Crippen molar-refractivity contribution < 1.29 is 14.3 Å². The van der Waals surface area contributed by atoms with Gasteiger partial charge in [-0.25, -0.2) is 9.36 Å². The minimum atomic E-state index is -0.194. The summed E-state index contributed by atoms with van der Waals surface area (Å²) < 4.78 is 12.0. The first-order valence-electron chi connectivity index (χ1n) is 7.11. The molecule has 1 N–H and O–H groups in total. The maximum Gasteiger partial charge on any atom is 0.329 e. The fourth-order valence-electron chi connectivity index (χ4n) is 2.19. The fraction of sp³-hybridized carbons (Fsp3) is 0.714. The molecule has 112 valence electrons. The molecule has 0 radical (unpaired) electrons. The highest BCUT2D eigenvalue weighted by Gasteiger charge is 2.24. The van der Waals surface area contributed by atoms with Crippen molar-refractivity contribution in [2.45, 2.75) is 32.6 Å². The highest BCUT2D eigenvalue weighted by Crippen LogP contribution is 2.26. The van der Waals surface area contributed by atoms with Gasteiger partial charge in [0.25, 0.3) is 0 Å². The van der Waals surface area contributed by atoms with E-state index in [1.807, 2.05) is 0 Å². The third-order valence-corrected chi connectivity index (χ3v) is 3.44. The van der Waals surface area contributed by atoms with E-state index in [2.05, 4.69) is 24.1 Å². The molecule has 1 aliphatic rings. The largest absolute Gasteiger partial charge is 0.468 e. The molecule has 0 aliphatic carbocycles. The number of carbonyl (C=O) groups excluding carboxylic acids is 1. The second kappa shape index (κ2) is 6.74. The van der Waals surface area contributed by atoms with E-state index in [-0.39, 0.29) is 11.9 Å². The molecular formula is C14H23N3O3. The van der Waals surface area contributed by atoms with Gasteiger partial charge in [0.05, 0.1) is 19.4 Å². The van der Waals surface area contributed by atoms with Crippen LogP contribution in [-0.4, -0.2) is 42.5 Å². The van der Waals surface area contributed by atoms with Crippen molar-refractivity contribution in [3.05, 3.63) is 11.9 Å². The zero-order valence-corrected chi connectivity index (χ0v) is 12.4.